The minimum absolute atomic E-state index is 0.273. The molecule has 1 aliphatic heterocycles. The minimum atomic E-state index is -1.29. The summed E-state index contributed by atoms with van der Waals surface area (Å²) < 4.78 is 7.54. The zero-order chi connectivity index (χ0) is 21.0. The fourth-order valence-electron chi connectivity index (χ4n) is 3.81. The molecule has 1 fully saturated rings. The van der Waals surface area contributed by atoms with Gasteiger partial charge in [0.1, 0.15) is 23.5 Å². The number of fused-ring (bicyclic) bond motifs is 1. The second-order valence-corrected chi connectivity index (χ2v) is 8.02. The predicted octanol–water partition coefficient (Wildman–Crippen LogP) is 1.58. The molecule has 152 valence electrons. The first-order valence-electron chi connectivity index (χ1n) is 9.23. The van der Waals surface area contributed by atoms with Gasteiger partial charge in [0.25, 0.3) is 0 Å². The van der Waals surface area contributed by atoms with Crippen LogP contribution in [0.25, 0.3) is 16.2 Å². The van der Waals surface area contributed by atoms with Gasteiger partial charge in [-0.15, -0.1) is 0 Å². The van der Waals surface area contributed by atoms with Gasteiger partial charge in [-0.05, 0) is 18.6 Å². The zero-order valence-corrected chi connectivity index (χ0v) is 17.0. The number of carboxylic acids is 1. The lowest BCUT2D eigenvalue weighted by molar-refractivity contribution is 0.0695. The number of aromatic carboxylic acids is 1. The fourth-order valence-corrected chi connectivity index (χ4v) is 4.32. The molecule has 0 bridgehead atoms. The Bertz CT molecular complexity index is 1340. The number of hydrogen-bond donors (Lipinski definition) is 1. The van der Waals surface area contributed by atoms with Crippen LogP contribution in [0.4, 0.5) is 5.82 Å². The van der Waals surface area contributed by atoms with Gasteiger partial charge in [-0.1, -0.05) is 0 Å². The Morgan fingerprint density at radius 2 is 2.10 bits per heavy atom. The largest absolute Gasteiger partial charge is 0.477 e. The first-order valence-corrected chi connectivity index (χ1v) is 10.0. The summed E-state index contributed by atoms with van der Waals surface area (Å²) in [6, 6.07) is 1.83. The number of carboxylic acid groups (broad SMARTS) is 1. The second-order valence-electron chi connectivity index (χ2n) is 7.27. The first-order chi connectivity index (χ1) is 14.4. The van der Waals surface area contributed by atoms with E-state index in [0.717, 1.165) is 36.3 Å². The monoisotopic (exact) mass is 423 g/mol. The summed E-state index contributed by atoms with van der Waals surface area (Å²) in [6.07, 6.45) is 6.37. The van der Waals surface area contributed by atoms with Gasteiger partial charge < -0.3 is 14.6 Å². The lowest BCUT2D eigenvalue weighted by atomic mass is 9.98. The molecular formula is C19H17N7O3S. The number of hydrogen-bond acceptors (Lipinski definition) is 8. The summed E-state index contributed by atoms with van der Waals surface area (Å²) in [5.41, 5.74) is 0.164. The van der Waals surface area contributed by atoms with Crippen LogP contribution >= 0.6 is 11.5 Å². The molecule has 0 spiro atoms. The third kappa shape index (κ3) is 2.77. The van der Waals surface area contributed by atoms with E-state index in [1.807, 2.05) is 23.9 Å². The van der Waals surface area contributed by atoms with Crippen LogP contribution in [0, 0.1) is 6.92 Å². The molecule has 0 unspecified atom stereocenters. The van der Waals surface area contributed by atoms with Gasteiger partial charge in [0.2, 0.25) is 10.6 Å². The molecule has 4 aromatic rings. The summed E-state index contributed by atoms with van der Waals surface area (Å²) >= 11 is 1.10. The Morgan fingerprint density at radius 3 is 2.73 bits per heavy atom. The molecule has 0 radical (unpaired) electrons. The van der Waals surface area contributed by atoms with Gasteiger partial charge >= 0.3 is 5.97 Å². The molecule has 10 nitrogen and oxygen atoms in total. The molecule has 4 aromatic heterocycles. The quantitative estimate of drug-likeness (QED) is 0.525. The maximum absolute atomic E-state index is 12.8. The van der Waals surface area contributed by atoms with Crippen LogP contribution in [-0.2, 0) is 7.05 Å². The van der Waals surface area contributed by atoms with E-state index in [0.29, 0.717) is 22.3 Å². The summed E-state index contributed by atoms with van der Waals surface area (Å²) in [4.78, 5) is 39.9. The van der Waals surface area contributed by atoms with Crippen molar-refractivity contribution in [1.82, 2.24) is 28.5 Å². The van der Waals surface area contributed by atoms with E-state index in [2.05, 4.69) is 19.2 Å². The minimum Gasteiger partial charge on any atom is -0.477 e. The number of pyridine rings is 2. The normalized spacial score (nSPS) is 14.3. The number of anilines is 1. The lowest BCUT2D eigenvalue weighted by Gasteiger charge is -2.39. The van der Waals surface area contributed by atoms with Crippen LogP contribution in [-0.4, -0.2) is 52.6 Å². The van der Waals surface area contributed by atoms with Crippen LogP contribution in [0.2, 0.25) is 0 Å². The third-order valence-electron chi connectivity index (χ3n) is 5.36. The Hall–Kier alpha value is -3.60. The van der Waals surface area contributed by atoms with Crippen molar-refractivity contribution in [1.29, 1.82) is 0 Å². The standard InChI is InChI=1S/C19H17N7O3S/c1-10-5-13(25-6-11(7-25)16-20-3-4-24(16)2)23-17-14(10)15(27)12(18(28)29)8-26(17)19-21-9-22-30-19/h3-5,8-9,11H,6-7H2,1-2H3,(H,28,29). The highest BCUT2D eigenvalue weighted by Gasteiger charge is 2.32. The Balaban J connectivity index is 1.62. The van der Waals surface area contributed by atoms with Gasteiger partial charge in [-0.3, -0.25) is 9.36 Å². The molecule has 0 aromatic carbocycles. The average Bonchev–Trinajstić information content (AvgIpc) is 3.33. The highest BCUT2D eigenvalue weighted by Crippen LogP contribution is 2.32. The smallest absolute Gasteiger partial charge is 0.341 e. The molecule has 0 atom stereocenters. The van der Waals surface area contributed by atoms with Crippen LogP contribution in [0.1, 0.15) is 27.7 Å². The van der Waals surface area contributed by atoms with E-state index < -0.39 is 11.4 Å². The van der Waals surface area contributed by atoms with E-state index in [1.165, 1.54) is 17.1 Å². The summed E-state index contributed by atoms with van der Waals surface area (Å²) in [5.74, 6) is 0.777. The van der Waals surface area contributed by atoms with Gasteiger partial charge in [0, 0.05) is 50.3 Å². The van der Waals surface area contributed by atoms with Crippen molar-refractivity contribution < 1.29 is 9.90 Å². The number of carbonyl (C=O) groups is 1. The van der Waals surface area contributed by atoms with E-state index in [9.17, 15) is 14.7 Å². The Labute approximate surface area is 174 Å². The van der Waals surface area contributed by atoms with Crippen LogP contribution in [0.15, 0.2) is 35.8 Å². The van der Waals surface area contributed by atoms with Crippen molar-refractivity contribution in [3.8, 4) is 5.13 Å². The molecule has 0 saturated carbocycles. The Kier molecular flexibility index (Phi) is 4.13. The van der Waals surface area contributed by atoms with Crippen molar-refractivity contribution in [3.05, 3.63) is 58.2 Å². The molecule has 1 saturated heterocycles. The number of aromatic nitrogens is 6. The van der Waals surface area contributed by atoms with Gasteiger partial charge in [-0.25, -0.2) is 19.7 Å². The molecule has 1 N–H and O–H groups in total. The van der Waals surface area contributed by atoms with E-state index in [-0.39, 0.29) is 10.9 Å². The third-order valence-corrected chi connectivity index (χ3v) is 6.02. The molecule has 1 aliphatic rings. The van der Waals surface area contributed by atoms with Crippen molar-refractivity contribution in [3.63, 3.8) is 0 Å². The molecule has 5 heterocycles. The van der Waals surface area contributed by atoms with Crippen LogP contribution < -0.4 is 10.3 Å². The number of imidazole rings is 1. The number of aryl methyl sites for hydroxylation is 2. The summed E-state index contributed by atoms with van der Waals surface area (Å²) in [7, 11) is 1.98. The average molecular weight is 423 g/mol. The number of rotatable bonds is 4. The summed E-state index contributed by atoms with van der Waals surface area (Å²) in [6.45, 7) is 3.32. The SMILES string of the molecule is Cc1cc(N2CC(c3nccn3C)C2)nc2c1c(=O)c(C(=O)O)cn2-c1ncns1. The molecule has 0 amide bonds. The predicted molar refractivity (Wildman–Crippen MR) is 111 cm³/mol. The van der Waals surface area contributed by atoms with Gasteiger partial charge in [0.05, 0.1) is 11.3 Å². The van der Waals surface area contributed by atoms with Crippen molar-refractivity contribution in [2.24, 2.45) is 7.05 Å². The van der Waals surface area contributed by atoms with E-state index >= 15 is 0 Å². The van der Waals surface area contributed by atoms with Crippen LogP contribution in [0.5, 0.6) is 0 Å². The highest BCUT2D eigenvalue weighted by molar-refractivity contribution is 7.08. The lowest BCUT2D eigenvalue weighted by Crippen LogP contribution is -2.46. The molecule has 5 rings (SSSR count). The van der Waals surface area contributed by atoms with Crippen molar-refractivity contribution >= 4 is 34.4 Å². The maximum atomic E-state index is 12.8. The fraction of sp³-hybridized carbons (Fsp3) is 0.263. The van der Waals surface area contributed by atoms with Crippen molar-refractivity contribution in [2.45, 2.75) is 12.8 Å². The van der Waals surface area contributed by atoms with E-state index in [1.54, 1.807) is 13.1 Å². The zero-order valence-electron chi connectivity index (χ0n) is 16.2. The highest BCUT2D eigenvalue weighted by atomic mass is 32.1. The number of nitrogens with zero attached hydrogens (tertiary/aromatic N) is 7. The topological polar surface area (TPSA) is 119 Å². The van der Waals surface area contributed by atoms with Gasteiger partial charge in [-0.2, -0.15) is 4.37 Å². The van der Waals surface area contributed by atoms with Gasteiger partial charge in [0.15, 0.2) is 5.65 Å². The summed E-state index contributed by atoms with van der Waals surface area (Å²) in [5, 5.41) is 10.2. The first kappa shape index (κ1) is 18.4. The second kappa shape index (κ2) is 6.73. The van der Waals surface area contributed by atoms with Crippen molar-refractivity contribution in [2.75, 3.05) is 18.0 Å². The van der Waals surface area contributed by atoms with E-state index in [4.69, 9.17) is 4.98 Å². The molecule has 30 heavy (non-hydrogen) atoms. The molecule has 0 aliphatic carbocycles. The molecule has 11 heteroatoms. The van der Waals surface area contributed by atoms with Crippen LogP contribution in [0.3, 0.4) is 0 Å². The molecular weight excluding hydrogens is 406 g/mol. The Morgan fingerprint density at radius 1 is 1.30 bits per heavy atom. The maximum Gasteiger partial charge on any atom is 0.341 e.